The first-order chi connectivity index (χ1) is 7.65. The molecule has 1 N–H and O–H groups in total. The lowest BCUT2D eigenvalue weighted by Gasteiger charge is -2.10. The molecule has 0 amide bonds. The van der Waals surface area contributed by atoms with Gasteiger partial charge in [-0.15, -0.1) is 0 Å². The Morgan fingerprint density at radius 3 is 2.31 bits per heavy atom. The number of aromatic nitrogens is 1. The van der Waals surface area contributed by atoms with Crippen LogP contribution < -0.4 is 5.32 Å². The molecule has 0 bridgehead atoms. The average molecular weight is 214 g/mol. The third kappa shape index (κ3) is 2.12. The van der Waals surface area contributed by atoms with Crippen molar-refractivity contribution < 1.29 is 0 Å². The Balaban J connectivity index is 3.35. The normalized spacial score (nSPS) is 9.31. The van der Waals surface area contributed by atoms with Gasteiger partial charge in [-0.05, 0) is 25.8 Å². The zero-order valence-corrected chi connectivity index (χ0v) is 9.76. The highest BCUT2D eigenvalue weighted by Crippen LogP contribution is 2.22. The molecule has 0 saturated heterocycles. The predicted molar refractivity (Wildman–Crippen MR) is 61.9 cm³/mol. The number of hydrogen-bond acceptors (Lipinski definition) is 4. The number of aryl methyl sites for hydroxylation is 1. The molecule has 0 radical (unpaired) electrons. The smallest absolute Gasteiger partial charge is 0.145 e. The van der Waals surface area contributed by atoms with Crippen LogP contribution in [0.15, 0.2) is 0 Å². The van der Waals surface area contributed by atoms with Crippen molar-refractivity contribution in [2.24, 2.45) is 0 Å². The van der Waals surface area contributed by atoms with E-state index >= 15 is 0 Å². The molecule has 0 atom stereocenters. The van der Waals surface area contributed by atoms with E-state index in [1.165, 1.54) is 0 Å². The van der Waals surface area contributed by atoms with Gasteiger partial charge in [-0.3, -0.25) is 0 Å². The minimum Gasteiger partial charge on any atom is -0.369 e. The van der Waals surface area contributed by atoms with Gasteiger partial charge in [-0.25, -0.2) is 4.98 Å². The summed E-state index contributed by atoms with van der Waals surface area (Å²) in [5.41, 5.74) is 2.34. The second kappa shape index (κ2) is 5.14. The van der Waals surface area contributed by atoms with Crippen LogP contribution in [0.3, 0.4) is 0 Å². The van der Waals surface area contributed by atoms with Gasteiger partial charge in [-0.1, -0.05) is 6.92 Å². The summed E-state index contributed by atoms with van der Waals surface area (Å²) < 4.78 is 0. The summed E-state index contributed by atoms with van der Waals surface area (Å²) in [5.74, 6) is 0.518. The first-order valence-corrected chi connectivity index (χ1v) is 5.21. The van der Waals surface area contributed by atoms with Crippen LogP contribution in [0.25, 0.3) is 0 Å². The highest BCUT2D eigenvalue weighted by molar-refractivity contribution is 5.63. The third-order valence-electron chi connectivity index (χ3n) is 2.45. The minimum absolute atomic E-state index is 0.346. The average Bonchev–Trinajstić information content (AvgIpc) is 2.29. The van der Waals surface area contributed by atoms with Gasteiger partial charge in [0, 0.05) is 12.2 Å². The zero-order valence-electron chi connectivity index (χ0n) is 9.76. The molecule has 0 fully saturated rings. The van der Waals surface area contributed by atoms with Crippen LogP contribution in [-0.4, -0.2) is 11.5 Å². The van der Waals surface area contributed by atoms with Gasteiger partial charge >= 0.3 is 0 Å². The molecule has 4 heteroatoms. The zero-order chi connectivity index (χ0) is 12.1. The van der Waals surface area contributed by atoms with E-state index in [0.29, 0.717) is 16.9 Å². The van der Waals surface area contributed by atoms with E-state index in [-0.39, 0.29) is 0 Å². The van der Waals surface area contributed by atoms with Gasteiger partial charge in [0.1, 0.15) is 23.5 Å². The minimum atomic E-state index is 0.346. The molecule has 0 spiro atoms. The lowest BCUT2D eigenvalue weighted by Crippen LogP contribution is -2.08. The molecule has 0 saturated carbocycles. The van der Waals surface area contributed by atoms with E-state index in [1.807, 2.05) is 26.8 Å². The van der Waals surface area contributed by atoms with Crippen LogP contribution >= 0.6 is 0 Å². The van der Waals surface area contributed by atoms with E-state index in [0.717, 1.165) is 24.2 Å². The fraction of sp³-hybridized carbons (Fsp3) is 0.417. The van der Waals surface area contributed by atoms with Crippen molar-refractivity contribution >= 4 is 5.82 Å². The quantitative estimate of drug-likeness (QED) is 0.837. The van der Waals surface area contributed by atoms with Crippen LogP contribution in [0.2, 0.25) is 0 Å². The molecule has 1 aromatic rings. The van der Waals surface area contributed by atoms with Gasteiger partial charge in [0.2, 0.25) is 0 Å². The molecule has 1 heterocycles. The third-order valence-corrected chi connectivity index (χ3v) is 2.45. The number of anilines is 1. The predicted octanol–water partition coefficient (Wildman–Crippen LogP) is 2.26. The maximum absolute atomic E-state index is 9.06. The molecule has 0 aliphatic rings. The van der Waals surface area contributed by atoms with Gasteiger partial charge < -0.3 is 5.32 Å². The Hall–Kier alpha value is -2.07. The van der Waals surface area contributed by atoms with Crippen molar-refractivity contribution in [3.05, 3.63) is 22.4 Å². The molecule has 0 aliphatic carbocycles. The van der Waals surface area contributed by atoms with Gasteiger partial charge in [0.15, 0.2) is 0 Å². The number of nitrogens with one attached hydrogen (secondary N) is 1. The summed E-state index contributed by atoms with van der Waals surface area (Å²) in [6, 6.07) is 4.11. The van der Waals surface area contributed by atoms with Crippen molar-refractivity contribution in [3.8, 4) is 12.1 Å². The topological polar surface area (TPSA) is 72.5 Å². The first-order valence-electron chi connectivity index (χ1n) is 5.21. The lowest BCUT2D eigenvalue weighted by atomic mass is 10.0. The summed E-state index contributed by atoms with van der Waals surface area (Å²) >= 11 is 0. The highest BCUT2D eigenvalue weighted by atomic mass is 15.0. The molecule has 0 unspecified atom stereocenters. The lowest BCUT2D eigenvalue weighted by molar-refractivity contribution is 0.961. The second-order valence-corrected chi connectivity index (χ2v) is 3.57. The molecular weight excluding hydrogens is 200 g/mol. The standard InChI is InChI=1S/C12H14N4/c1-4-5-15-12-11(7-14)10(6-13)8(2)9(3)16-12/h4-5H2,1-3H3,(H,15,16). The summed E-state index contributed by atoms with van der Waals surface area (Å²) in [6.45, 7) is 6.43. The van der Waals surface area contributed by atoms with E-state index in [2.05, 4.69) is 16.4 Å². The van der Waals surface area contributed by atoms with Crippen LogP contribution in [0.4, 0.5) is 5.82 Å². The maximum Gasteiger partial charge on any atom is 0.145 e. The van der Waals surface area contributed by atoms with Crippen molar-refractivity contribution in [2.45, 2.75) is 27.2 Å². The monoisotopic (exact) mass is 214 g/mol. The second-order valence-electron chi connectivity index (χ2n) is 3.57. The van der Waals surface area contributed by atoms with Crippen molar-refractivity contribution in [1.82, 2.24) is 4.98 Å². The van der Waals surface area contributed by atoms with E-state index in [4.69, 9.17) is 10.5 Å². The largest absolute Gasteiger partial charge is 0.369 e. The number of nitriles is 2. The number of rotatable bonds is 3. The van der Waals surface area contributed by atoms with Gasteiger partial charge in [0.05, 0.1) is 5.56 Å². The number of pyridine rings is 1. The van der Waals surface area contributed by atoms with E-state index in [1.54, 1.807) is 0 Å². The first kappa shape index (κ1) is 12.0. The number of nitrogens with zero attached hydrogens (tertiary/aromatic N) is 3. The SMILES string of the molecule is CCCNc1nc(C)c(C)c(C#N)c1C#N. The molecule has 1 aromatic heterocycles. The Labute approximate surface area is 95.5 Å². The Morgan fingerprint density at radius 1 is 1.19 bits per heavy atom. The van der Waals surface area contributed by atoms with Crippen molar-refractivity contribution in [2.75, 3.05) is 11.9 Å². The summed E-state index contributed by atoms with van der Waals surface area (Å²) in [5, 5.41) is 21.2. The molecule has 1 rings (SSSR count). The van der Waals surface area contributed by atoms with Crippen molar-refractivity contribution in [1.29, 1.82) is 10.5 Å². The Morgan fingerprint density at radius 2 is 1.81 bits per heavy atom. The Kier molecular flexibility index (Phi) is 3.85. The van der Waals surface area contributed by atoms with Crippen LogP contribution in [0.1, 0.15) is 35.7 Å². The van der Waals surface area contributed by atoms with E-state index < -0.39 is 0 Å². The summed E-state index contributed by atoms with van der Waals surface area (Å²) in [6.07, 6.45) is 0.946. The van der Waals surface area contributed by atoms with Gasteiger partial charge in [-0.2, -0.15) is 10.5 Å². The molecule has 82 valence electrons. The molecular formula is C12H14N4. The Bertz CT molecular complexity index is 477. The number of hydrogen-bond donors (Lipinski definition) is 1. The summed E-state index contributed by atoms with van der Waals surface area (Å²) in [7, 11) is 0. The van der Waals surface area contributed by atoms with Crippen molar-refractivity contribution in [3.63, 3.8) is 0 Å². The fourth-order valence-corrected chi connectivity index (χ4v) is 1.41. The molecule has 16 heavy (non-hydrogen) atoms. The van der Waals surface area contributed by atoms with E-state index in [9.17, 15) is 0 Å². The fourth-order valence-electron chi connectivity index (χ4n) is 1.41. The van der Waals surface area contributed by atoms with Crippen LogP contribution in [0, 0.1) is 36.5 Å². The maximum atomic E-state index is 9.06. The van der Waals surface area contributed by atoms with Gasteiger partial charge in [0.25, 0.3) is 0 Å². The van der Waals surface area contributed by atoms with Crippen LogP contribution in [-0.2, 0) is 0 Å². The molecule has 0 aromatic carbocycles. The molecule has 4 nitrogen and oxygen atoms in total. The summed E-state index contributed by atoms with van der Waals surface area (Å²) in [4.78, 5) is 4.30. The highest BCUT2D eigenvalue weighted by Gasteiger charge is 2.14. The molecule has 0 aliphatic heterocycles. The van der Waals surface area contributed by atoms with Crippen LogP contribution in [0.5, 0.6) is 0 Å².